The van der Waals surface area contributed by atoms with Crippen LogP contribution in [0.15, 0.2) is 34.9 Å². The lowest BCUT2D eigenvalue weighted by Crippen LogP contribution is -2.39. The number of aromatic nitrogens is 2. The van der Waals surface area contributed by atoms with E-state index in [1.807, 2.05) is 42.3 Å². The Kier molecular flexibility index (Phi) is 4.59. The van der Waals surface area contributed by atoms with E-state index >= 15 is 0 Å². The smallest absolute Gasteiger partial charge is 0.290 e. The Morgan fingerprint density at radius 2 is 2.07 bits per heavy atom. The molecular formula is C23H26N4O2. The van der Waals surface area contributed by atoms with Crippen LogP contribution in [0.2, 0.25) is 0 Å². The van der Waals surface area contributed by atoms with E-state index in [4.69, 9.17) is 9.40 Å². The number of piperidine rings is 1. The van der Waals surface area contributed by atoms with Crippen molar-refractivity contribution in [2.24, 2.45) is 0 Å². The van der Waals surface area contributed by atoms with Gasteiger partial charge in [-0.25, -0.2) is 9.97 Å². The highest BCUT2D eigenvalue weighted by Gasteiger charge is 2.34. The molecule has 1 unspecified atom stereocenters. The van der Waals surface area contributed by atoms with Crippen molar-refractivity contribution in [2.45, 2.75) is 45.2 Å². The third-order valence-corrected chi connectivity index (χ3v) is 6.24. The van der Waals surface area contributed by atoms with Crippen molar-refractivity contribution in [3.05, 3.63) is 58.9 Å². The van der Waals surface area contributed by atoms with E-state index < -0.39 is 0 Å². The lowest BCUT2D eigenvalue weighted by Gasteiger charge is -2.35. The van der Waals surface area contributed by atoms with Crippen LogP contribution in [0.3, 0.4) is 0 Å². The molecule has 4 heterocycles. The van der Waals surface area contributed by atoms with Crippen LogP contribution in [-0.4, -0.2) is 45.8 Å². The molecule has 1 fully saturated rings. The van der Waals surface area contributed by atoms with Crippen LogP contribution in [0.5, 0.6) is 0 Å². The van der Waals surface area contributed by atoms with E-state index in [2.05, 4.69) is 16.9 Å². The predicted octanol–water partition coefficient (Wildman–Crippen LogP) is 3.89. The normalized spacial score (nSPS) is 20.1. The Bertz CT molecular complexity index is 1070. The number of hydrogen-bond acceptors (Lipinski definition) is 5. The molecule has 0 radical (unpaired) electrons. The zero-order chi connectivity index (χ0) is 20.0. The van der Waals surface area contributed by atoms with Gasteiger partial charge in [-0.2, -0.15) is 0 Å². The Hall–Kier alpha value is -2.73. The van der Waals surface area contributed by atoms with Crippen molar-refractivity contribution >= 4 is 16.9 Å². The Morgan fingerprint density at radius 1 is 1.21 bits per heavy atom. The van der Waals surface area contributed by atoms with Gasteiger partial charge in [0, 0.05) is 54.5 Å². The molecule has 1 aromatic carbocycles. The van der Waals surface area contributed by atoms with Crippen LogP contribution in [0.4, 0.5) is 0 Å². The minimum atomic E-state index is -0.0891. The monoisotopic (exact) mass is 390 g/mol. The maximum atomic E-state index is 13.5. The second-order valence-corrected chi connectivity index (χ2v) is 8.25. The molecule has 0 N–H and O–H groups in total. The van der Waals surface area contributed by atoms with Gasteiger partial charge in [0.15, 0.2) is 11.6 Å². The highest BCUT2D eigenvalue weighted by Crippen LogP contribution is 2.33. The van der Waals surface area contributed by atoms with Gasteiger partial charge in [-0.3, -0.25) is 4.79 Å². The number of aryl methyl sites for hydroxylation is 1. The highest BCUT2D eigenvalue weighted by molar-refractivity contribution is 5.99. The van der Waals surface area contributed by atoms with Crippen LogP contribution < -0.4 is 0 Å². The predicted molar refractivity (Wildman–Crippen MR) is 111 cm³/mol. The van der Waals surface area contributed by atoms with Crippen molar-refractivity contribution in [3.8, 4) is 0 Å². The molecule has 2 aliphatic heterocycles. The first kappa shape index (κ1) is 18.3. The number of likely N-dealkylation sites (tertiary alicyclic amines) is 1. The topological polar surface area (TPSA) is 62.5 Å². The fraction of sp³-hybridized carbons (Fsp3) is 0.435. The van der Waals surface area contributed by atoms with E-state index in [9.17, 15) is 4.79 Å². The van der Waals surface area contributed by atoms with Crippen molar-refractivity contribution < 1.29 is 9.21 Å². The van der Waals surface area contributed by atoms with Gasteiger partial charge in [0.2, 0.25) is 0 Å². The van der Waals surface area contributed by atoms with Crippen molar-refractivity contribution in [1.82, 2.24) is 19.8 Å². The lowest BCUT2D eigenvalue weighted by molar-refractivity contribution is 0.0568. The van der Waals surface area contributed by atoms with Crippen LogP contribution >= 0.6 is 0 Å². The number of carbonyl (C=O) groups excluding carboxylic acids is 1. The van der Waals surface area contributed by atoms with Crippen LogP contribution in [-0.2, 0) is 13.0 Å². The molecule has 29 heavy (non-hydrogen) atoms. The number of rotatable bonds is 2. The number of fused-ring (bicyclic) bond motifs is 2. The van der Waals surface area contributed by atoms with Gasteiger partial charge in [-0.15, -0.1) is 0 Å². The molecule has 2 aromatic heterocycles. The van der Waals surface area contributed by atoms with Crippen LogP contribution in [0.25, 0.3) is 11.0 Å². The molecule has 1 amide bonds. The van der Waals surface area contributed by atoms with E-state index in [-0.39, 0.29) is 11.9 Å². The number of para-hydroxylation sites is 1. The molecule has 1 saturated heterocycles. The van der Waals surface area contributed by atoms with E-state index in [0.29, 0.717) is 12.3 Å². The standard InChI is InChI=1S/C23H26N4O2/c1-15-17-7-3-4-9-20(17)29-21(15)23(28)27-11-6-5-8-19(27)22-24-13-16-14-26(2)12-10-18(16)25-22/h3-4,7,9,13,19H,5-6,8,10-12,14H2,1-2H3. The zero-order valence-electron chi connectivity index (χ0n) is 17.0. The Balaban J connectivity index is 1.48. The van der Waals surface area contributed by atoms with Gasteiger partial charge in [-0.1, -0.05) is 18.2 Å². The van der Waals surface area contributed by atoms with Crippen molar-refractivity contribution in [3.63, 3.8) is 0 Å². The van der Waals surface area contributed by atoms with Crippen LogP contribution in [0, 0.1) is 6.92 Å². The molecular weight excluding hydrogens is 364 g/mol. The first-order valence-corrected chi connectivity index (χ1v) is 10.4. The fourth-order valence-electron chi connectivity index (χ4n) is 4.59. The minimum absolute atomic E-state index is 0.0514. The van der Waals surface area contributed by atoms with Crippen molar-refractivity contribution in [1.29, 1.82) is 0 Å². The average molecular weight is 390 g/mol. The number of nitrogens with zero attached hydrogens (tertiary/aromatic N) is 4. The number of hydrogen-bond donors (Lipinski definition) is 0. The molecule has 0 aliphatic carbocycles. The fourth-order valence-corrected chi connectivity index (χ4v) is 4.59. The molecule has 2 aliphatic rings. The Labute approximate surface area is 170 Å². The highest BCUT2D eigenvalue weighted by atomic mass is 16.3. The largest absolute Gasteiger partial charge is 0.451 e. The second-order valence-electron chi connectivity index (χ2n) is 8.25. The molecule has 3 aromatic rings. The minimum Gasteiger partial charge on any atom is -0.451 e. The first-order valence-electron chi connectivity index (χ1n) is 10.4. The number of carbonyl (C=O) groups is 1. The molecule has 1 atom stereocenters. The van der Waals surface area contributed by atoms with Gasteiger partial charge in [-0.05, 0) is 39.3 Å². The molecule has 0 bridgehead atoms. The number of benzene rings is 1. The van der Waals surface area contributed by atoms with Crippen molar-refractivity contribution in [2.75, 3.05) is 20.1 Å². The average Bonchev–Trinajstić information content (AvgIpc) is 3.09. The summed E-state index contributed by atoms with van der Waals surface area (Å²) in [5.74, 6) is 1.16. The Morgan fingerprint density at radius 3 is 2.93 bits per heavy atom. The molecule has 150 valence electrons. The second kappa shape index (κ2) is 7.26. The summed E-state index contributed by atoms with van der Waals surface area (Å²) < 4.78 is 5.96. The molecule has 6 nitrogen and oxygen atoms in total. The number of amides is 1. The van der Waals surface area contributed by atoms with Crippen LogP contribution in [0.1, 0.15) is 58.5 Å². The summed E-state index contributed by atoms with van der Waals surface area (Å²) in [6, 6.07) is 7.73. The van der Waals surface area contributed by atoms with Gasteiger partial charge in [0.1, 0.15) is 5.58 Å². The van der Waals surface area contributed by atoms with Gasteiger partial charge in [0.25, 0.3) is 5.91 Å². The maximum Gasteiger partial charge on any atom is 0.290 e. The third kappa shape index (κ3) is 3.21. The number of likely N-dealkylation sites (N-methyl/N-ethyl adjacent to an activating group) is 1. The summed E-state index contributed by atoms with van der Waals surface area (Å²) in [6.45, 7) is 4.57. The summed E-state index contributed by atoms with van der Waals surface area (Å²) >= 11 is 0. The summed E-state index contributed by atoms with van der Waals surface area (Å²) in [7, 11) is 2.12. The SMILES string of the molecule is Cc1c(C(=O)N2CCCCC2c2ncc3c(n2)CCN(C)C3)oc2ccccc12. The molecule has 0 saturated carbocycles. The number of furan rings is 1. The van der Waals surface area contributed by atoms with E-state index in [0.717, 1.165) is 66.8 Å². The summed E-state index contributed by atoms with van der Waals surface area (Å²) in [5.41, 5.74) is 4.00. The maximum absolute atomic E-state index is 13.5. The summed E-state index contributed by atoms with van der Waals surface area (Å²) in [4.78, 5) is 27.3. The first-order chi connectivity index (χ1) is 14.1. The van der Waals surface area contributed by atoms with E-state index in [1.54, 1.807) is 0 Å². The molecule has 5 rings (SSSR count). The quantitative estimate of drug-likeness (QED) is 0.664. The third-order valence-electron chi connectivity index (χ3n) is 6.24. The van der Waals surface area contributed by atoms with E-state index in [1.165, 1.54) is 5.56 Å². The zero-order valence-corrected chi connectivity index (χ0v) is 17.0. The lowest BCUT2D eigenvalue weighted by atomic mass is 9.99. The van der Waals surface area contributed by atoms with Gasteiger partial charge >= 0.3 is 0 Å². The molecule has 6 heteroatoms. The summed E-state index contributed by atoms with van der Waals surface area (Å²) in [5, 5.41) is 0.999. The van der Waals surface area contributed by atoms with Gasteiger partial charge < -0.3 is 14.2 Å². The summed E-state index contributed by atoms with van der Waals surface area (Å²) in [6.07, 6.45) is 5.86. The van der Waals surface area contributed by atoms with Gasteiger partial charge in [0.05, 0.1) is 6.04 Å². The molecule has 0 spiro atoms.